The predicted molar refractivity (Wildman–Crippen MR) is 176 cm³/mol. The minimum atomic E-state index is -1.19. The zero-order valence-electron chi connectivity index (χ0n) is 24.1. The topological polar surface area (TPSA) is 9.86 Å². The van der Waals surface area contributed by atoms with E-state index in [1.807, 2.05) is 0 Å². The van der Waals surface area contributed by atoms with Crippen molar-refractivity contribution in [2.75, 3.05) is 0 Å². The molecule has 202 valence electrons. The molecule has 0 amide bonds. The van der Waals surface area contributed by atoms with Crippen molar-refractivity contribution < 1.29 is 0 Å². The van der Waals surface area contributed by atoms with Crippen LogP contribution in [0.3, 0.4) is 0 Å². The van der Waals surface area contributed by atoms with Gasteiger partial charge in [-0.2, -0.15) is 0 Å². The average molecular weight is 563 g/mol. The van der Waals surface area contributed by atoms with Crippen molar-refractivity contribution in [3.05, 3.63) is 121 Å². The van der Waals surface area contributed by atoms with Crippen LogP contribution in [0.5, 0.6) is 0 Å². The van der Waals surface area contributed by atoms with E-state index in [0.717, 1.165) is 11.0 Å². The van der Waals surface area contributed by atoms with E-state index in [9.17, 15) is 0 Å². The molecule has 0 bridgehead atoms. The van der Waals surface area contributed by atoms with Gasteiger partial charge in [-0.1, -0.05) is 114 Å². The van der Waals surface area contributed by atoms with Gasteiger partial charge in [0.15, 0.2) is 0 Å². The maximum Gasteiger partial charge on any atom is 0.206 e. The highest BCUT2D eigenvalue weighted by Gasteiger charge is 2.18. The van der Waals surface area contributed by atoms with Crippen LogP contribution in [0.2, 0.25) is 0 Å². The number of benzene rings is 4. The van der Waals surface area contributed by atoms with Gasteiger partial charge < -0.3 is 0 Å². The quantitative estimate of drug-likeness (QED) is 0.189. The second-order valence-electron chi connectivity index (χ2n) is 12.8. The molecular weight excluding hydrogens is 527 g/mol. The molecule has 0 aliphatic heterocycles. The van der Waals surface area contributed by atoms with Gasteiger partial charge in [-0.3, -0.25) is 8.68 Å². The zero-order chi connectivity index (χ0) is 28.2. The van der Waals surface area contributed by atoms with E-state index in [1.165, 1.54) is 44.2 Å². The van der Waals surface area contributed by atoms with E-state index in [-0.39, 0.29) is 10.8 Å². The molecule has 40 heavy (non-hydrogen) atoms. The molecule has 0 aliphatic rings. The third-order valence-corrected chi connectivity index (χ3v) is 10.3. The van der Waals surface area contributed by atoms with E-state index in [1.54, 1.807) is 0 Å². The smallest absolute Gasteiger partial charge is 0.206 e. The van der Waals surface area contributed by atoms with Gasteiger partial charge in [0.1, 0.15) is 0 Å². The Bertz CT molecular complexity index is 1670. The van der Waals surface area contributed by atoms with Crippen LogP contribution in [0.25, 0.3) is 44.1 Å². The second kappa shape index (κ2) is 9.95. The summed E-state index contributed by atoms with van der Waals surface area (Å²) in [6.07, 6.45) is 4.24. The van der Waals surface area contributed by atoms with Crippen LogP contribution in [0.1, 0.15) is 52.7 Å². The highest BCUT2D eigenvalue weighted by Crippen LogP contribution is 2.49. The molecule has 0 atom stereocenters. The first-order valence-corrected chi connectivity index (χ1v) is 16.0. The van der Waals surface area contributed by atoms with E-state index in [4.69, 9.17) is 11.2 Å². The van der Waals surface area contributed by atoms with Crippen molar-refractivity contribution in [2.45, 2.75) is 52.4 Å². The van der Waals surface area contributed by atoms with Crippen LogP contribution in [-0.4, -0.2) is 8.68 Å². The normalized spacial score (nSPS) is 12.6. The van der Waals surface area contributed by atoms with E-state index in [0.29, 0.717) is 0 Å². The van der Waals surface area contributed by atoms with E-state index in [2.05, 4.69) is 160 Å². The van der Waals surface area contributed by atoms with Gasteiger partial charge >= 0.3 is 0 Å². The first-order valence-electron chi connectivity index (χ1n) is 13.9. The molecule has 6 aromatic rings. The molecule has 0 fully saturated rings. The number of halogens is 1. The van der Waals surface area contributed by atoms with Gasteiger partial charge in [0, 0.05) is 12.4 Å². The largest absolute Gasteiger partial charge is 0.296 e. The van der Waals surface area contributed by atoms with Crippen molar-refractivity contribution in [1.29, 1.82) is 0 Å². The van der Waals surface area contributed by atoms with Crippen LogP contribution in [0.15, 0.2) is 109 Å². The minimum Gasteiger partial charge on any atom is -0.296 e. The van der Waals surface area contributed by atoms with Gasteiger partial charge in [-0.25, -0.2) is 0 Å². The number of fused-ring (bicyclic) bond motifs is 2. The van der Waals surface area contributed by atoms with Gasteiger partial charge in [-0.15, -0.1) is 0 Å². The van der Waals surface area contributed by atoms with E-state index >= 15 is 0 Å². The predicted octanol–water partition coefficient (Wildman–Crippen LogP) is 11.4. The summed E-state index contributed by atoms with van der Waals surface area (Å²) in [5.74, 6) is 0. The molecule has 6 rings (SSSR count). The second-order valence-corrected chi connectivity index (χ2v) is 15.0. The minimum absolute atomic E-state index is 0.140. The first kappa shape index (κ1) is 26.9. The fourth-order valence-electron chi connectivity index (χ4n) is 5.30. The summed E-state index contributed by atoms with van der Waals surface area (Å²) in [5, 5.41) is 2.39. The lowest BCUT2D eigenvalue weighted by Crippen LogP contribution is -2.10. The van der Waals surface area contributed by atoms with Crippen molar-refractivity contribution in [1.82, 2.24) is 8.68 Å². The fourth-order valence-corrected chi connectivity index (χ4v) is 7.36. The zero-order valence-corrected chi connectivity index (χ0v) is 25.8. The Hall–Kier alpha value is -3.32. The molecule has 0 aliphatic carbocycles. The third kappa shape index (κ3) is 5.00. The number of nitrogens with zero attached hydrogens (tertiary/aromatic N) is 2. The molecule has 0 spiro atoms. The van der Waals surface area contributed by atoms with Crippen molar-refractivity contribution in [3.63, 3.8) is 0 Å². The summed E-state index contributed by atoms with van der Waals surface area (Å²) >= 11 is 7.30. The summed E-state index contributed by atoms with van der Waals surface area (Å²) in [6, 6.07) is 35.6. The summed E-state index contributed by atoms with van der Waals surface area (Å²) in [5.41, 5.74) is 10.1. The number of rotatable bonds is 4. The fraction of sp³-hybridized carbons (Fsp3) is 0.222. The Labute approximate surface area is 243 Å². The van der Waals surface area contributed by atoms with Crippen molar-refractivity contribution in [3.8, 4) is 22.3 Å². The lowest BCUT2D eigenvalue weighted by atomic mass is 9.86. The molecule has 2 nitrogen and oxygen atoms in total. The molecule has 0 radical (unpaired) electrons. The Kier molecular flexibility index (Phi) is 6.68. The third-order valence-electron chi connectivity index (χ3n) is 7.87. The van der Waals surface area contributed by atoms with Gasteiger partial charge in [0.2, 0.25) is 7.58 Å². The van der Waals surface area contributed by atoms with Gasteiger partial charge in [0.25, 0.3) is 0 Å². The molecular formula is C36H36ClN2P. The first-order chi connectivity index (χ1) is 19.0. The molecule has 2 heterocycles. The van der Waals surface area contributed by atoms with Gasteiger partial charge in [0.05, 0.1) is 11.0 Å². The highest BCUT2D eigenvalue weighted by atomic mass is 35.7. The highest BCUT2D eigenvalue weighted by molar-refractivity contribution is 7.81. The van der Waals surface area contributed by atoms with Crippen LogP contribution < -0.4 is 0 Å². The van der Waals surface area contributed by atoms with Crippen LogP contribution in [0.4, 0.5) is 0 Å². The molecule has 2 aromatic heterocycles. The lowest BCUT2D eigenvalue weighted by molar-refractivity contribution is 0.590. The summed E-state index contributed by atoms with van der Waals surface area (Å²) in [6.45, 7) is 13.5. The maximum atomic E-state index is 7.30. The standard InChI is InChI=1S/C36H36ClN2P/c1-35(2,3)31-15-11-25(12-16-31)29-9-7-27-19-21-38(33(27)23-29)40(37)39-22-20-28-8-10-30(24-34(28)39)26-13-17-32(18-14-26)36(4,5)6/h7-24H,1-6H3. The molecule has 0 N–H and O–H groups in total. The Morgan fingerprint density at radius 3 is 1.18 bits per heavy atom. The SMILES string of the molecule is CC(C)(C)c1ccc(-c2ccc3ccn(P(Cl)n4ccc5ccc(-c6ccc(C(C)(C)C)cc6)cc54)c3c2)cc1. The molecule has 4 aromatic carbocycles. The Morgan fingerprint density at radius 2 is 0.825 bits per heavy atom. The van der Waals surface area contributed by atoms with Crippen LogP contribution in [0, 0.1) is 0 Å². The van der Waals surface area contributed by atoms with Crippen LogP contribution >= 0.6 is 18.8 Å². The number of aromatic nitrogens is 2. The molecule has 0 unspecified atom stereocenters. The monoisotopic (exact) mass is 562 g/mol. The number of hydrogen-bond donors (Lipinski definition) is 0. The van der Waals surface area contributed by atoms with Crippen molar-refractivity contribution >= 4 is 40.6 Å². The molecule has 0 saturated heterocycles. The van der Waals surface area contributed by atoms with Gasteiger partial charge in [-0.05, 0) is 90.5 Å². The average Bonchev–Trinajstić information content (AvgIpc) is 3.55. The Morgan fingerprint density at radius 1 is 0.475 bits per heavy atom. The molecule has 4 heteroatoms. The summed E-state index contributed by atoms with van der Waals surface area (Å²) in [7, 11) is -1.19. The lowest BCUT2D eigenvalue weighted by Gasteiger charge is -2.19. The summed E-state index contributed by atoms with van der Waals surface area (Å²) < 4.78 is 4.45. The van der Waals surface area contributed by atoms with Crippen LogP contribution in [-0.2, 0) is 10.8 Å². The maximum absolute atomic E-state index is 7.30. The number of hydrogen-bond acceptors (Lipinski definition) is 0. The van der Waals surface area contributed by atoms with E-state index < -0.39 is 7.58 Å². The Balaban J connectivity index is 1.36. The summed E-state index contributed by atoms with van der Waals surface area (Å²) in [4.78, 5) is 0. The van der Waals surface area contributed by atoms with Crippen molar-refractivity contribution in [2.24, 2.45) is 0 Å². The molecule has 0 saturated carbocycles.